The summed E-state index contributed by atoms with van der Waals surface area (Å²) in [6.07, 6.45) is 2.26. The minimum absolute atomic E-state index is 0.243. The van der Waals surface area contributed by atoms with Gasteiger partial charge in [-0.05, 0) is 25.7 Å². The number of nitrogens with zero attached hydrogens (tertiary/aromatic N) is 4. The molecular weight excluding hydrogens is 228 g/mol. The number of rotatable bonds is 6. The zero-order valence-corrected chi connectivity index (χ0v) is 11.9. The van der Waals surface area contributed by atoms with Crippen LogP contribution in [0.5, 0.6) is 0 Å². The molecule has 6 heteroatoms. The Bertz CT molecular complexity index is 377. The number of nitrogen functional groups attached to an aromatic ring is 1. The summed E-state index contributed by atoms with van der Waals surface area (Å²) in [4.78, 5) is 14.3. The first kappa shape index (κ1) is 14.5. The van der Waals surface area contributed by atoms with Crippen LogP contribution >= 0.6 is 0 Å². The highest BCUT2D eigenvalue weighted by atomic mass is 15.3. The first-order valence-corrected chi connectivity index (χ1v) is 6.34. The topological polar surface area (TPSA) is 80.0 Å². The summed E-state index contributed by atoms with van der Waals surface area (Å²) in [5, 5.41) is 3.26. The molecule has 18 heavy (non-hydrogen) atoms. The van der Waals surface area contributed by atoms with Gasteiger partial charge in [-0.2, -0.15) is 15.0 Å². The number of nitrogens with one attached hydrogen (secondary N) is 1. The van der Waals surface area contributed by atoms with Crippen LogP contribution in [0.2, 0.25) is 0 Å². The standard InChI is InChI=1S/C12H24N6/c1-8(2)6-7-9(3)14-11-15-10(13)16-12(17-11)18(4)5/h8-9H,6-7H2,1-5H3,(H3,13,14,15,16,17). The van der Waals surface area contributed by atoms with E-state index in [0.717, 1.165) is 6.42 Å². The van der Waals surface area contributed by atoms with E-state index < -0.39 is 0 Å². The van der Waals surface area contributed by atoms with Gasteiger partial charge in [0, 0.05) is 20.1 Å². The molecule has 0 aliphatic carbocycles. The monoisotopic (exact) mass is 252 g/mol. The third-order valence-electron chi connectivity index (χ3n) is 2.59. The van der Waals surface area contributed by atoms with Crippen LogP contribution in [0.25, 0.3) is 0 Å². The number of hydrogen-bond acceptors (Lipinski definition) is 6. The number of hydrogen-bond donors (Lipinski definition) is 2. The summed E-state index contributed by atoms with van der Waals surface area (Å²) in [6, 6.07) is 0.323. The van der Waals surface area contributed by atoms with E-state index in [-0.39, 0.29) is 5.95 Å². The zero-order valence-electron chi connectivity index (χ0n) is 11.9. The molecular formula is C12H24N6. The lowest BCUT2D eigenvalue weighted by molar-refractivity contribution is 0.526. The number of anilines is 3. The maximum Gasteiger partial charge on any atom is 0.231 e. The van der Waals surface area contributed by atoms with Crippen LogP contribution in [0, 0.1) is 5.92 Å². The molecule has 0 radical (unpaired) electrons. The van der Waals surface area contributed by atoms with Crippen molar-refractivity contribution in [1.82, 2.24) is 15.0 Å². The van der Waals surface area contributed by atoms with Crippen molar-refractivity contribution in [2.45, 2.75) is 39.7 Å². The van der Waals surface area contributed by atoms with Crippen molar-refractivity contribution in [3.8, 4) is 0 Å². The lowest BCUT2D eigenvalue weighted by Gasteiger charge is -2.16. The summed E-state index contributed by atoms with van der Waals surface area (Å²) in [7, 11) is 3.75. The Morgan fingerprint density at radius 3 is 2.33 bits per heavy atom. The van der Waals surface area contributed by atoms with Crippen molar-refractivity contribution in [1.29, 1.82) is 0 Å². The van der Waals surface area contributed by atoms with Crippen molar-refractivity contribution in [2.24, 2.45) is 5.92 Å². The summed E-state index contributed by atoms with van der Waals surface area (Å²) in [5.74, 6) is 2.06. The molecule has 6 nitrogen and oxygen atoms in total. The zero-order chi connectivity index (χ0) is 13.7. The van der Waals surface area contributed by atoms with E-state index in [1.54, 1.807) is 0 Å². The molecule has 1 aromatic rings. The molecule has 0 amide bonds. The SMILES string of the molecule is CC(C)CCC(C)Nc1nc(N)nc(N(C)C)n1. The van der Waals surface area contributed by atoms with Crippen molar-refractivity contribution in [2.75, 3.05) is 30.0 Å². The highest BCUT2D eigenvalue weighted by molar-refractivity contribution is 5.41. The van der Waals surface area contributed by atoms with E-state index in [2.05, 4.69) is 41.0 Å². The lowest BCUT2D eigenvalue weighted by Crippen LogP contribution is -2.21. The fourth-order valence-electron chi connectivity index (χ4n) is 1.52. The Balaban J connectivity index is 2.66. The van der Waals surface area contributed by atoms with Crippen molar-refractivity contribution >= 4 is 17.8 Å². The van der Waals surface area contributed by atoms with Crippen LogP contribution in [-0.4, -0.2) is 35.1 Å². The molecule has 1 unspecified atom stereocenters. The average Bonchev–Trinajstić information content (AvgIpc) is 2.25. The van der Waals surface area contributed by atoms with Gasteiger partial charge < -0.3 is 16.0 Å². The van der Waals surface area contributed by atoms with Gasteiger partial charge in [0.15, 0.2) is 0 Å². The Morgan fingerprint density at radius 2 is 1.78 bits per heavy atom. The smallest absolute Gasteiger partial charge is 0.231 e. The molecule has 1 atom stereocenters. The van der Waals surface area contributed by atoms with E-state index in [1.165, 1.54) is 6.42 Å². The molecule has 1 heterocycles. The van der Waals surface area contributed by atoms with Gasteiger partial charge in [0.1, 0.15) is 0 Å². The highest BCUT2D eigenvalue weighted by Gasteiger charge is 2.09. The predicted octanol–water partition coefficient (Wildman–Crippen LogP) is 1.76. The second kappa shape index (κ2) is 6.37. The molecule has 0 saturated carbocycles. The Morgan fingerprint density at radius 1 is 1.11 bits per heavy atom. The third-order valence-corrected chi connectivity index (χ3v) is 2.59. The fraction of sp³-hybridized carbons (Fsp3) is 0.750. The van der Waals surface area contributed by atoms with Gasteiger partial charge in [-0.15, -0.1) is 0 Å². The quantitative estimate of drug-likeness (QED) is 0.803. The molecule has 102 valence electrons. The van der Waals surface area contributed by atoms with Crippen LogP contribution in [-0.2, 0) is 0 Å². The van der Waals surface area contributed by atoms with Gasteiger partial charge in [0.2, 0.25) is 17.8 Å². The molecule has 0 fully saturated rings. The Kier molecular flexibility index (Phi) is 5.12. The molecule has 0 bridgehead atoms. The molecule has 0 spiro atoms. The Labute approximate surface area is 109 Å². The summed E-state index contributed by atoms with van der Waals surface area (Å²) >= 11 is 0. The molecule has 0 aliphatic heterocycles. The third kappa shape index (κ3) is 4.73. The van der Waals surface area contributed by atoms with Crippen LogP contribution in [0.15, 0.2) is 0 Å². The molecule has 0 saturated heterocycles. The normalized spacial score (nSPS) is 12.6. The summed E-state index contributed by atoms with van der Waals surface area (Å²) in [5.41, 5.74) is 5.67. The van der Waals surface area contributed by atoms with Crippen LogP contribution in [0.1, 0.15) is 33.6 Å². The maximum absolute atomic E-state index is 5.67. The predicted molar refractivity (Wildman–Crippen MR) is 75.7 cm³/mol. The van der Waals surface area contributed by atoms with E-state index in [1.807, 2.05) is 19.0 Å². The second-order valence-corrected chi connectivity index (χ2v) is 5.23. The van der Waals surface area contributed by atoms with Crippen LogP contribution < -0.4 is 16.0 Å². The minimum atomic E-state index is 0.243. The van der Waals surface area contributed by atoms with E-state index in [4.69, 9.17) is 5.73 Å². The van der Waals surface area contributed by atoms with Crippen molar-refractivity contribution in [3.63, 3.8) is 0 Å². The van der Waals surface area contributed by atoms with Gasteiger partial charge in [0.05, 0.1) is 0 Å². The van der Waals surface area contributed by atoms with Gasteiger partial charge in [-0.3, -0.25) is 0 Å². The minimum Gasteiger partial charge on any atom is -0.368 e. The summed E-state index contributed by atoms with van der Waals surface area (Å²) < 4.78 is 0. The first-order valence-electron chi connectivity index (χ1n) is 6.34. The molecule has 1 aromatic heterocycles. The maximum atomic E-state index is 5.67. The van der Waals surface area contributed by atoms with Crippen LogP contribution in [0.4, 0.5) is 17.8 Å². The average molecular weight is 252 g/mol. The number of aromatic nitrogens is 3. The van der Waals surface area contributed by atoms with Crippen molar-refractivity contribution < 1.29 is 0 Å². The molecule has 0 aliphatic rings. The lowest BCUT2D eigenvalue weighted by atomic mass is 10.0. The summed E-state index contributed by atoms with van der Waals surface area (Å²) in [6.45, 7) is 6.56. The number of nitrogens with two attached hydrogens (primary N) is 1. The molecule has 3 N–H and O–H groups in total. The van der Waals surface area contributed by atoms with Gasteiger partial charge >= 0.3 is 0 Å². The largest absolute Gasteiger partial charge is 0.368 e. The van der Waals surface area contributed by atoms with E-state index in [9.17, 15) is 0 Å². The van der Waals surface area contributed by atoms with Gasteiger partial charge in [-0.25, -0.2) is 0 Å². The first-order chi connectivity index (χ1) is 8.38. The fourth-order valence-corrected chi connectivity index (χ4v) is 1.52. The van der Waals surface area contributed by atoms with E-state index >= 15 is 0 Å². The Hall–Kier alpha value is -1.59. The van der Waals surface area contributed by atoms with Crippen LogP contribution in [0.3, 0.4) is 0 Å². The molecule has 1 rings (SSSR count). The van der Waals surface area contributed by atoms with Gasteiger partial charge in [0.25, 0.3) is 0 Å². The van der Waals surface area contributed by atoms with Crippen molar-refractivity contribution in [3.05, 3.63) is 0 Å². The van der Waals surface area contributed by atoms with E-state index in [0.29, 0.717) is 23.9 Å². The van der Waals surface area contributed by atoms with Gasteiger partial charge in [-0.1, -0.05) is 13.8 Å². The molecule has 0 aromatic carbocycles. The second-order valence-electron chi connectivity index (χ2n) is 5.23. The highest BCUT2D eigenvalue weighted by Crippen LogP contribution is 2.13.